The van der Waals surface area contributed by atoms with Gasteiger partial charge in [-0.2, -0.15) is 0 Å². The van der Waals surface area contributed by atoms with Gasteiger partial charge in [-0.25, -0.2) is 0 Å². The first-order chi connectivity index (χ1) is 11.5. The number of carbonyl (C=O) groups is 2. The van der Waals surface area contributed by atoms with Crippen molar-refractivity contribution in [3.05, 3.63) is 45.1 Å². The van der Waals surface area contributed by atoms with E-state index >= 15 is 0 Å². The molecule has 4 N–H and O–H groups in total. The second-order valence-electron chi connectivity index (χ2n) is 4.92. The van der Waals surface area contributed by atoms with Crippen LogP contribution in [0, 0.1) is 0 Å². The van der Waals surface area contributed by atoms with Crippen LogP contribution in [0.15, 0.2) is 29.6 Å². The fraction of sp³-hybridized carbons (Fsp3) is 0.250. The molecule has 2 aromatic rings. The van der Waals surface area contributed by atoms with Crippen LogP contribution in [-0.2, 0) is 0 Å². The minimum absolute atomic E-state index is 0. The number of hydrogen-bond donors (Lipinski definition) is 3. The molecule has 0 aliphatic rings. The Morgan fingerprint density at radius 3 is 2.52 bits per heavy atom. The first-order valence-electron chi connectivity index (χ1n) is 7.26. The number of benzene rings is 1. The average Bonchev–Trinajstić information content (AvgIpc) is 3.10. The number of thiophene rings is 1. The van der Waals surface area contributed by atoms with Gasteiger partial charge in [0.2, 0.25) is 0 Å². The molecule has 1 aromatic carbocycles. The molecular formula is C16H19Cl2N3O3S. The Morgan fingerprint density at radius 1 is 1.24 bits per heavy atom. The van der Waals surface area contributed by atoms with Gasteiger partial charge in [0.05, 0.1) is 28.3 Å². The van der Waals surface area contributed by atoms with Gasteiger partial charge in [0.1, 0.15) is 5.75 Å². The molecule has 1 heterocycles. The normalized spacial score (nSPS) is 9.84. The number of ether oxygens (including phenoxy) is 1. The van der Waals surface area contributed by atoms with E-state index in [0.717, 1.165) is 0 Å². The molecule has 0 atom stereocenters. The summed E-state index contributed by atoms with van der Waals surface area (Å²) in [4.78, 5) is 24.6. The zero-order valence-electron chi connectivity index (χ0n) is 13.5. The Kier molecular flexibility index (Phi) is 8.54. The smallest absolute Gasteiger partial charge is 0.261 e. The van der Waals surface area contributed by atoms with Crippen molar-refractivity contribution in [2.45, 2.75) is 6.42 Å². The Morgan fingerprint density at radius 2 is 1.92 bits per heavy atom. The van der Waals surface area contributed by atoms with Crippen molar-refractivity contribution in [2.24, 2.45) is 0 Å². The fourth-order valence-corrected chi connectivity index (χ4v) is 2.80. The lowest BCUT2D eigenvalue weighted by molar-refractivity contribution is 0.0950. The maximum atomic E-state index is 12.2. The van der Waals surface area contributed by atoms with Gasteiger partial charge in [-0.15, -0.1) is 23.7 Å². The maximum absolute atomic E-state index is 12.2. The molecule has 0 fully saturated rings. The fourth-order valence-electron chi connectivity index (χ4n) is 2.00. The lowest BCUT2D eigenvalue weighted by Crippen LogP contribution is -2.29. The number of halogens is 2. The first kappa shape index (κ1) is 21.1. The molecule has 0 saturated carbocycles. The summed E-state index contributed by atoms with van der Waals surface area (Å²) in [5.74, 6) is -0.0537. The SMILES string of the molecule is COc1cc(N)c(Cl)cc1C(=O)NCCCNC(=O)c1cccs1.Cl. The van der Waals surface area contributed by atoms with Gasteiger partial charge in [-0.1, -0.05) is 17.7 Å². The third-order valence-corrected chi connectivity index (χ3v) is 4.43. The van der Waals surface area contributed by atoms with Crippen molar-refractivity contribution in [3.8, 4) is 5.75 Å². The maximum Gasteiger partial charge on any atom is 0.261 e. The van der Waals surface area contributed by atoms with Crippen LogP contribution in [0.5, 0.6) is 5.75 Å². The van der Waals surface area contributed by atoms with Crippen molar-refractivity contribution < 1.29 is 14.3 Å². The minimum Gasteiger partial charge on any atom is -0.496 e. The van der Waals surface area contributed by atoms with Gasteiger partial charge in [-0.05, 0) is 23.9 Å². The van der Waals surface area contributed by atoms with Crippen LogP contribution in [0.3, 0.4) is 0 Å². The Hall–Kier alpha value is -1.96. The molecule has 0 aliphatic carbocycles. The summed E-state index contributed by atoms with van der Waals surface area (Å²) in [6.07, 6.45) is 0.605. The number of methoxy groups -OCH3 is 1. The third-order valence-electron chi connectivity index (χ3n) is 3.23. The van der Waals surface area contributed by atoms with Crippen molar-refractivity contribution in [1.29, 1.82) is 0 Å². The van der Waals surface area contributed by atoms with Crippen LogP contribution in [0.25, 0.3) is 0 Å². The minimum atomic E-state index is -0.307. The van der Waals surface area contributed by atoms with E-state index in [1.165, 1.54) is 30.6 Å². The van der Waals surface area contributed by atoms with Gasteiger partial charge in [0.25, 0.3) is 11.8 Å². The molecule has 6 nitrogen and oxygen atoms in total. The highest BCUT2D eigenvalue weighted by atomic mass is 35.5. The molecule has 1 aromatic heterocycles. The quantitative estimate of drug-likeness (QED) is 0.489. The largest absolute Gasteiger partial charge is 0.496 e. The van der Waals surface area contributed by atoms with Gasteiger partial charge in [0.15, 0.2) is 0 Å². The lowest BCUT2D eigenvalue weighted by Gasteiger charge is -2.11. The van der Waals surface area contributed by atoms with Crippen molar-refractivity contribution >= 4 is 52.8 Å². The Labute approximate surface area is 161 Å². The molecule has 25 heavy (non-hydrogen) atoms. The highest BCUT2D eigenvalue weighted by Gasteiger charge is 2.14. The van der Waals surface area contributed by atoms with E-state index in [0.29, 0.717) is 46.4 Å². The molecule has 0 aliphatic heterocycles. The molecule has 0 radical (unpaired) electrons. The van der Waals surface area contributed by atoms with E-state index < -0.39 is 0 Å². The Balaban J connectivity index is 0.00000312. The number of nitrogens with one attached hydrogen (secondary N) is 2. The molecular weight excluding hydrogens is 385 g/mol. The van der Waals surface area contributed by atoms with E-state index in [-0.39, 0.29) is 24.2 Å². The summed E-state index contributed by atoms with van der Waals surface area (Å²) in [7, 11) is 1.46. The van der Waals surface area contributed by atoms with Crippen molar-refractivity contribution in [1.82, 2.24) is 10.6 Å². The van der Waals surface area contributed by atoms with Crippen molar-refractivity contribution in [3.63, 3.8) is 0 Å². The van der Waals surface area contributed by atoms with Gasteiger partial charge in [0, 0.05) is 19.2 Å². The Bertz CT molecular complexity index is 724. The highest BCUT2D eigenvalue weighted by molar-refractivity contribution is 7.12. The average molecular weight is 404 g/mol. The number of anilines is 1. The predicted molar refractivity (Wildman–Crippen MR) is 103 cm³/mol. The van der Waals surface area contributed by atoms with E-state index in [1.54, 1.807) is 6.07 Å². The first-order valence-corrected chi connectivity index (χ1v) is 8.51. The second-order valence-corrected chi connectivity index (χ2v) is 6.27. The van der Waals surface area contributed by atoms with Gasteiger partial charge >= 0.3 is 0 Å². The number of nitrogens with two attached hydrogens (primary N) is 1. The second kappa shape index (κ2) is 10.1. The standard InChI is InChI=1S/C16H18ClN3O3S.ClH/c1-23-13-9-12(18)11(17)8-10(13)15(21)19-5-3-6-20-16(22)14-4-2-7-24-14;/h2,4,7-9H,3,5-6,18H2,1H3,(H,19,21)(H,20,22);1H. The van der Waals surface area contributed by atoms with Crippen LogP contribution in [0.2, 0.25) is 5.02 Å². The van der Waals surface area contributed by atoms with Gasteiger partial charge in [-0.3, -0.25) is 9.59 Å². The monoisotopic (exact) mass is 403 g/mol. The molecule has 0 unspecified atom stereocenters. The summed E-state index contributed by atoms with van der Waals surface area (Å²) in [6, 6.07) is 6.58. The molecule has 136 valence electrons. The molecule has 2 rings (SSSR count). The van der Waals surface area contributed by atoms with Crippen LogP contribution < -0.4 is 21.1 Å². The van der Waals surface area contributed by atoms with Crippen LogP contribution in [0.1, 0.15) is 26.5 Å². The highest BCUT2D eigenvalue weighted by Crippen LogP contribution is 2.28. The molecule has 0 bridgehead atoms. The molecule has 0 saturated heterocycles. The van der Waals surface area contributed by atoms with Crippen LogP contribution >= 0.6 is 35.3 Å². The lowest BCUT2D eigenvalue weighted by atomic mass is 10.1. The van der Waals surface area contributed by atoms with E-state index in [1.807, 2.05) is 11.4 Å². The molecule has 2 amide bonds. The van der Waals surface area contributed by atoms with Crippen molar-refractivity contribution in [2.75, 3.05) is 25.9 Å². The number of nitrogen functional groups attached to an aromatic ring is 1. The number of carbonyl (C=O) groups excluding carboxylic acids is 2. The summed E-state index contributed by atoms with van der Waals surface area (Å²) in [6.45, 7) is 0.880. The summed E-state index contributed by atoms with van der Waals surface area (Å²) in [5, 5.41) is 7.70. The number of amides is 2. The topological polar surface area (TPSA) is 93.4 Å². The summed E-state index contributed by atoms with van der Waals surface area (Å²) in [5.41, 5.74) is 6.36. The van der Waals surface area contributed by atoms with Crippen LogP contribution in [-0.4, -0.2) is 32.0 Å². The number of hydrogen-bond acceptors (Lipinski definition) is 5. The zero-order chi connectivity index (χ0) is 17.5. The van der Waals surface area contributed by atoms with Crippen LogP contribution in [0.4, 0.5) is 5.69 Å². The van der Waals surface area contributed by atoms with Gasteiger partial charge < -0.3 is 21.1 Å². The number of rotatable bonds is 7. The molecule has 9 heteroatoms. The summed E-state index contributed by atoms with van der Waals surface area (Å²) < 4.78 is 5.15. The third kappa shape index (κ3) is 5.81. The van der Waals surface area contributed by atoms with E-state index in [2.05, 4.69) is 10.6 Å². The summed E-state index contributed by atoms with van der Waals surface area (Å²) >= 11 is 7.33. The molecule has 0 spiro atoms. The zero-order valence-corrected chi connectivity index (χ0v) is 15.9. The van der Waals surface area contributed by atoms with E-state index in [9.17, 15) is 9.59 Å². The van der Waals surface area contributed by atoms with E-state index in [4.69, 9.17) is 22.1 Å². The predicted octanol–water partition coefficient (Wildman–Crippen LogP) is 2.96.